The summed E-state index contributed by atoms with van der Waals surface area (Å²) in [5.41, 5.74) is 1.64. The fourth-order valence-electron chi connectivity index (χ4n) is 3.27. The van der Waals surface area contributed by atoms with Crippen molar-refractivity contribution in [1.29, 1.82) is 0 Å². The van der Waals surface area contributed by atoms with Crippen molar-refractivity contribution >= 4 is 34.9 Å². The van der Waals surface area contributed by atoms with Gasteiger partial charge in [-0.25, -0.2) is 0 Å². The van der Waals surface area contributed by atoms with Crippen LogP contribution in [-0.2, 0) is 16.0 Å². The van der Waals surface area contributed by atoms with Gasteiger partial charge in [0, 0.05) is 0 Å². The largest absolute Gasteiger partial charge is 0.454 e. The lowest BCUT2D eigenvalue weighted by molar-refractivity contribution is -0.129. The van der Waals surface area contributed by atoms with E-state index >= 15 is 0 Å². The van der Waals surface area contributed by atoms with Gasteiger partial charge in [0.05, 0.1) is 17.6 Å². The smallest absolute Gasteiger partial charge is 0.294 e. The molecule has 0 spiro atoms. The van der Waals surface area contributed by atoms with Gasteiger partial charge in [0.2, 0.25) is 12.7 Å². The number of thioether (sulfide) groups is 1. The van der Waals surface area contributed by atoms with Gasteiger partial charge in [0.25, 0.3) is 11.1 Å². The van der Waals surface area contributed by atoms with E-state index < -0.39 is 29.6 Å². The van der Waals surface area contributed by atoms with Crippen molar-refractivity contribution in [2.75, 3.05) is 19.9 Å². The monoisotopic (exact) mass is 440 g/mol. The molecule has 1 fully saturated rings. The number of rotatable bonds is 7. The zero-order chi connectivity index (χ0) is 21.8. The Balaban J connectivity index is 1.39. The highest BCUT2D eigenvalue weighted by atomic mass is 32.2. The van der Waals surface area contributed by atoms with Crippen molar-refractivity contribution in [2.24, 2.45) is 0 Å². The first-order valence-electron chi connectivity index (χ1n) is 9.62. The number of nitrogens with zero attached hydrogens (tertiary/aromatic N) is 1. The number of carbonyl (C=O) groups excluding carboxylic acids is 3. The molecule has 2 heterocycles. The number of ether oxygens (including phenoxy) is 2. The molecule has 0 radical (unpaired) electrons. The summed E-state index contributed by atoms with van der Waals surface area (Å²) in [4.78, 5) is 38.5. The van der Waals surface area contributed by atoms with Gasteiger partial charge in [-0.15, -0.1) is 0 Å². The molecule has 0 bridgehead atoms. The quantitative estimate of drug-likeness (QED) is 0.636. The average molecular weight is 440 g/mol. The van der Waals surface area contributed by atoms with Crippen LogP contribution >= 0.6 is 11.8 Å². The number of hydrogen-bond donors (Lipinski definition) is 2. The van der Waals surface area contributed by atoms with Crippen LogP contribution in [-0.4, -0.2) is 53.0 Å². The number of imide groups is 1. The summed E-state index contributed by atoms with van der Waals surface area (Å²) in [6.07, 6.45) is 2.02. The van der Waals surface area contributed by atoms with Gasteiger partial charge in [-0.05, 0) is 47.5 Å². The van der Waals surface area contributed by atoms with Crippen LogP contribution in [0.1, 0.15) is 11.1 Å². The van der Waals surface area contributed by atoms with Crippen LogP contribution in [0.3, 0.4) is 0 Å². The van der Waals surface area contributed by atoms with Gasteiger partial charge in [0.1, 0.15) is 6.54 Å². The Morgan fingerprint density at radius 3 is 2.71 bits per heavy atom. The number of amides is 3. The first-order chi connectivity index (χ1) is 15.0. The first kappa shape index (κ1) is 21.0. The summed E-state index contributed by atoms with van der Waals surface area (Å²) in [6.45, 7) is -0.523. The lowest BCUT2D eigenvalue weighted by Crippen LogP contribution is -2.45. The first-order valence-corrected chi connectivity index (χ1v) is 10.4. The fourth-order valence-corrected chi connectivity index (χ4v) is 4.11. The van der Waals surface area contributed by atoms with E-state index in [-0.39, 0.29) is 18.3 Å². The molecule has 4 rings (SSSR count). The number of aliphatic hydroxyl groups is 1. The number of aliphatic hydroxyl groups excluding tert-OH is 1. The van der Waals surface area contributed by atoms with E-state index in [0.29, 0.717) is 23.5 Å². The van der Waals surface area contributed by atoms with Gasteiger partial charge in [-0.1, -0.05) is 36.4 Å². The number of fused-ring (bicyclic) bond motifs is 1. The van der Waals surface area contributed by atoms with Crippen molar-refractivity contribution in [1.82, 2.24) is 10.2 Å². The molecular weight excluding hydrogens is 420 g/mol. The molecule has 9 heteroatoms. The van der Waals surface area contributed by atoms with Crippen LogP contribution in [0.25, 0.3) is 6.08 Å². The van der Waals surface area contributed by atoms with E-state index in [9.17, 15) is 19.5 Å². The topological polar surface area (TPSA) is 105 Å². The summed E-state index contributed by atoms with van der Waals surface area (Å²) in [5, 5.41) is 11.7. The molecule has 0 saturated carbocycles. The van der Waals surface area contributed by atoms with Crippen molar-refractivity contribution in [2.45, 2.75) is 12.5 Å². The summed E-state index contributed by atoms with van der Waals surface area (Å²) in [5.74, 6) is 0.143. The van der Waals surface area contributed by atoms with Crippen LogP contribution in [0.15, 0.2) is 53.4 Å². The predicted molar refractivity (Wildman–Crippen MR) is 114 cm³/mol. The molecule has 31 heavy (non-hydrogen) atoms. The van der Waals surface area contributed by atoms with Crippen LogP contribution < -0.4 is 14.8 Å². The van der Waals surface area contributed by atoms with E-state index in [1.165, 1.54) is 0 Å². The van der Waals surface area contributed by atoms with E-state index in [1.54, 1.807) is 24.3 Å². The van der Waals surface area contributed by atoms with Crippen molar-refractivity contribution in [3.8, 4) is 11.5 Å². The molecule has 2 aromatic rings. The summed E-state index contributed by atoms with van der Waals surface area (Å²) >= 11 is 0.776. The highest BCUT2D eigenvalue weighted by Crippen LogP contribution is 2.36. The molecule has 0 aliphatic carbocycles. The number of hydrogen-bond acceptors (Lipinski definition) is 7. The standard InChI is InChI=1S/C22H20N2O6S/c25-12-16(8-14-4-2-1-3-5-14)23-20(26)11-24-21(27)19(31-22(24)28)10-15-6-7-17-18(9-15)30-13-29-17/h1-7,9-10,16,25H,8,11-13H2,(H,23,26). The van der Waals surface area contributed by atoms with E-state index in [4.69, 9.17) is 9.47 Å². The van der Waals surface area contributed by atoms with Gasteiger partial charge < -0.3 is 19.9 Å². The average Bonchev–Trinajstić information content (AvgIpc) is 3.33. The third-order valence-electron chi connectivity index (χ3n) is 4.78. The van der Waals surface area contributed by atoms with E-state index in [2.05, 4.69) is 5.32 Å². The molecule has 1 saturated heterocycles. The SMILES string of the molecule is O=C(CN1C(=O)SC(=Cc2ccc3c(c2)OCO3)C1=O)NC(CO)Cc1ccccc1. The van der Waals surface area contributed by atoms with Crippen molar-refractivity contribution in [3.05, 3.63) is 64.6 Å². The Labute approximate surface area is 182 Å². The third-order valence-corrected chi connectivity index (χ3v) is 5.69. The Kier molecular flexibility index (Phi) is 6.24. The second kappa shape index (κ2) is 9.23. The highest BCUT2D eigenvalue weighted by molar-refractivity contribution is 8.18. The minimum atomic E-state index is -0.536. The molecule has 1 atom stereocenters. The third kappa shape index (κ3) is 4.89. The summed E-state index contributed by atoms with van der Waals surface area (Å²) in [7, 11) is 0. The van der Waals surface area contributed by atoms with Crippen LogP contribution in [0.2, 0.25) is 0 Å². The Bertz CT molecular complexity index is 1040. The molecule has 8 nitrogen and oxygen atoms in total. The van der Waals surface area contributed by atoms with E-state index in [1.807, 2.05) is 30.3 Å². The molecule has 2 N–H and O–H groups in total. The van der Waals surface area contributed by atoms with Gasteiger partial charge >= 0.3 is 0 Å². The molecule has 160 valence electrons. The number of carbonyl (C=O) groups is 3. The predicted octanol–water partition coefficient (Wildman–Crippen LogP) is 2.17. The normalized spacial score (nSPS) is 17.3. The minimum Gasteiger partial charge on any atom is -0.454 e. The van der Waals surface area contributed by atoms with Crippen molar-refractivity contribution < 1.29 is 29.0 Å². The van der Waals surface area contributed by atoms with Gasteiger partial charge in [-0.2, -0.15) is 0 Å². The van der Waals surface area contributed by atoms with Gasteiger partial charge in [-0.3, -0.25) is 19.3 Å². The van der Waals surface area contributed by atoms with Crippen LogP contribution in [0.5, 0.6) is 11.5 Å². The zero-order valence-electron chi connectivity index (χ0n) is 16.4. The highest BCUT2D eigenvalue weighted by Gasteiger charge is 2.36. The molecule has 0 aromatic heterocycles. The maximum atomic E-state index is 12.7. The van der Waals surface area contributed by atoms with E-state index in [0.717, 1.165) is 22.2 Å². The molecular formula is C22H20N2O6S. The molecule has 2 aromatic carbocycles. The second-order valence-electron chi connectivity index (χ2n) is 7.02. The Morgan fingerprint density at radius 1 is 1.16 bits per heavy atom. The van der Waals surface area contributed by atoms with Crippen molar-refractivity contribution in [3.63, 3.8) is 0 Å². The lowest BCUT2D eigenvalue weighted by atomic mass is 10.1. The second-order valence-corrected chi connectivity index (χ2v) is 8.01. The fraction of sp³-hybridized carbons (Fsp3) is 0.227. The number of benzene rings is 2. The summed E-state index contributed by atoms with van der Waals surface area (Å²) in [6, 6.07) is 14.1. The van der Waals surface area contributed by atoms with Crippen LogP contribution in [0, 0.1) is 0 Å². The maximum Gasteiger partial charge on any atom is 0.294 e. The van der Waals surface area contributed by atoms with Gasteiger partial charge in [0.15, 0.2) is 11.5 Å². The molecule has 2 aliphatic heterocycles. The maximum absolute atomic E-state index is 12.7. The minimum absolute atomic E-state index is 0.142. The number of nitrogens with one attached hydrogen (secondary N) is 1. The van der Waals surface area contributed by atoms with Crippen LogP contribution in [0.4, 0.5) is 4.79 Å². The Morgan fingerprint density at radius 2 is 1.94 bits per heavy atom. The lowest BCUT2D eigenvalue weighted by Gasteiger charge is -2.18. The molecule has 2 aliphatic rings. The Hall–Kier alpha value is -3.30. The molecule has 1 unspecified atom stereocenters. The zero-order valence-corrected chi connectivity index (χ0v) is 17.3. The molecule has 3 amide bonds. The summed E-state index contributed by atoms with van der Waals surface area (Å²) < 4.78 is 10.6.